The number of allylic oxidation sites excluding steroid dienone is 16. The van der Waals surface area contributed by atoms with E-state index in [1.54, 1.807) is 0 Å². The molecule has 0 saturated carbocycles. The normalized spacial score (nSPS) is 18.4. The van der Waals surface area contributed by atoms with E-state index in [1.807, 2.05) is 0 Å². The SMILES string of the molecule is CC/C=C\C/C=C\C/C=C\C/C=C\CCCCCCCCC(=O)OCC(COC1OC(C(=O)O)C(O)C(O)C1OC(=O)CCCCC/C=C\C/C=C\C/C=C\CC)OC(=O)CCCCCCCCCCC/C=C\CCCCCCCC. The first-order chi connectivity index (χ1) is 39.6. The van der Waals surface area contributed by atoms with Crippen molar-refractivity contribution in [3.05, 3.63) is 97.2 Å². The minimum atomic E-state index is -1.92. The van der Waals surface area contributed by atoms with E-state index in [4.69, 9.17) is 23.7 Å². The monoisotopic (exact) mass is 1130 g/mol. The lowest BCUT2D eigenvalue weighted by molar-refractivity contribution is -0.301. The molecular formula is C69H114O12. The number of ether oxygens (including phenoxy) is 5. The largest absolute Gasteiger partial charge is 0.479 e. The summed E-state index contributed by atoms with van der Waals surface area (Å²) in [5.41, 5.74) is 0. The Morgan fingerprint density at radius 3 is 1.21 bits per heavy atom. The molecule has 0 amide bonds. The zero-order chi connectivity index (χ0) is 58.9. The highest BCUT2D eigenvalue weighted by Crippen LogP contribution is 2.26. The smallest absolute Gasteiger partial charge is 0.335 e. The second-order valence-electron chi connectivity index (χ2n) is 21.6. The molecule has 0 aromatic rings. The molecule has 1 heterocycles. The molecule has 6 atom stereocenters. The van der Waals surface area contributed by atoms with Gasteiger partial charge in [0.25, 0.3) is 0 Å². The molecule has 0 spiro atoms. The third kappa shape index (κ3) is 45.8. The fraction of sp³-hybridized carbons (Fsp3) is 0.710. The molecular weight excluding hydrogens is 1020 g/mol. The van der Waals surface area contributed by atoms with Crippen molar-refractivity contribution in [3.63, 3.8) is 0 Å². The molecule has 6 unspecified atom stereocenters. The summed E-state index contributed by atoms with van der Waals surface area (Å²) in [6, 6.07) is 0. The number of aliphatic carboxylic acids is 1. The highest BCUT2D eigenvalue weighted by atomic mass is 16.7. The van der Waals surface area contributed by atoms with Crippen LogP contribution in [-0.2, 0) is 42.9 Å². The number of hydrogen-bond donors (Lipinski definition) is 3. The molecule has 1 aliphatic rings. The summed E-state index contributed by atoms with van der Waals surface area (Å²) in [6.45, 7) is 5.75. The van der Waals surface area contributed by atoms with E-state index in [0.717, 1.165) is 128 Å². The first-order valence-electron chi connectivity index (χ1n) is 32.2. The molecule has 81 heavy (non-hydrogen) atoms. The molecule has 3 N–H and O–H groups in total. The summed E-state index contributed by atoms with van der Waals surface area (Å²) in [5.74, 6) is -3.18. The van der Waals surface area contributed by atoms with Gasteiger partial charge in [-0.3, -0.25) is 14.4 Å². The third-order valence-corrected chi connectivity index (χ3v) is 14.1. The van der Waals surface area contributed by atoms with E-state index >= 15 is 0 Å². The van der Waals surface area contributed by atoms with Gasteiger partial charge in [-0.05, 0) is 116 Å². The third-order valence-electron chi connectivity index (χ3n) is 14.1. The van der Waals surface area contributed by atoms with Crippen LogP contribution >= 0.6 is 0 Å². The number of aliphatic hydroxyl groups is 2. The minimum absolute atomic E-state index is 0.0203. The van der Waals surface area contributed by atoms with Crippen LogP contribution in [0, 0.1) is 0 Å². The number of hydrogen-bond acceptors (Lipinski definition) is 11. The molecule has 0 aliphatic carbocycles. The Morgan fingerprint density at radius 1 is 0.420 bits per heavy atom. The fourth-order valence-corrected chi connectivity index (χ4v) is 9.25. The van der Waals surface area contributed by atoms with Crippen molar-refractivity contribution in [3.8, 4) is 0 Å². The van der Waals surface area contributed by atoms with Crippen molar-refractivity contribution in [1.29, 1.82) is 0 Å². The van der Waals surface area contributed by atoms with Crippen LogP contribution in [0.25, 0.3) is 0 Å². The van der Waals surface area contributed by atoms with E-state index in [2.05, 4.69) is 118 Å². The topological polar surface area (TPSA) is 175 Å². The summed E-state index contributed by atoms with van der Waals surface area (Å²) < 4.78 is 28.5. The van der Waals surface area contributed by atoms with Crippen LogP contribution in [0.4, 0.5) is 0 Å². The van der Waals surface area contributed by atoms with E-state index in [9.17, 15) is 34.5 Å². The quantitative estimate of drug-likeness (QED) is 0.0228. The van der Waals surface area contributed by atoms with Crippen LogP contribution in [0.15, 0.2) is 97.2 Å². The Balaban J connectivity index is 2.68. The summed E-state index contributed by atoms with van der Waals surface area (Å²) in [5, 5.41) is 31.5. The lowest BCUT2D eigenvalue weighted by atomic mass is 9.98. The molecule has 1 fully saturated rings. The van der Waals surface area contributed by atoms with Crippen LogP contribution in [0.2, 0.25) is 0 Å². The van der Waals surface area contributed by atoms with Gasteiger partial charge in [0.1, 0.15) is 18.8 Å². The predicted molar refractivity (Wildman–Crippen MR) is 331 cm³/mol. The number of carbonyl (C=O) groups is 4. The fourth-order valence-electron chi connectivity index (χ4n) is 9.25. The van der Waals surface area contributed by atoms with Gasteiger partial charge in [0, 0.05) is 19.3 Å². The first kappa shape index (κ1) is 74.7. The Kier molecular flexibility index (Phi) is 51.7. The molecule has 12 heteroatoms. The minimum Gasteiger partial charge on any atom is -0.479 e. The average molecular weight is 1140 g/mol. The van der Waals surface area contributed by atoms with Crippen molar-refractivity contribution in [2.75, 3.05) is 13.2 Å². The number of carboxylic acids is 1. The van der Waals surface area contributed by atoms with Gasteiger partial charge >= 0.3 is 23.9 Å². The molecule has 1 aliphatic heterocycles. The number of esters is 3. The molecule has 1 rings (SSSR count). The zero-order valence-electron chi connectivity index (χ0n) is 51.0. The Labute approximate surface area is 492 Å². The lowest BCUT2D eigenvalue weighted by Crippen LogP contribution is -2.61. The van der Waals surface area contributed by atoms with Crippen molar-refractivity contribution in [1.82, 2.24) is 0 Å². The van der Waals surface area contributed by atoms with Crippen molar-refractivity contribution in [2.45, 2.75) is 302 Å². The average Bonchev–Trinajstić information content (AvgIpc) is 3.46. The lowest BCUT2D eigenvalue weighted by Gasteiger charge is -2.40. The van der Waals surface area contributed by atoms with Gasteiger partial charge in [-0.2, -0.15) is 0 Å². The van der Waals surface area contributed by atoms with Crippen LogP contribution in [0.5, 0.6) is 0 Å². The maximum atomic E-state index is 13.2. The summed E-state index contributed by atoms with van der Waals surface area (Å²) >= 11 is 0. The Bertz CT molecular complexity index is 1780. The van der Waals surface area contributed by atoms with Gasteiger partial charge in [0.15, 0.2) is 24.6 Å². The maximum absolute atomic E-state index is 13.2. The number of rotatable bonds is 54. The highest BCUT2D eigenvalue weighted by Gasteiger charge is 2.50. The van der Waals surface area contributed by atoms with Crippen LogP contribution in [0.1, 0.15) is 265 Å². The molecule has 0 bridgehead atoms. The van der Waals surface area contributed by atoms with Crippen LogP contribution in [0.3, 0.4) is 0 Å². The highest BCUT2D eigenvalue weighted by molar-refractivity contribution is 5.74. The van der Waals surface area contributed by atoms with E-state index < -0.39 is 67.3 Å². The maximum Gasteiger partial charge on any atom is 0.335 e. The number of unbranched alkanes of at least 4 members (excludes halogenated alkanes) is 24. The molecule has 0 aromatic heterocycles. The van der Waals surface area contributed by atoms with Gasteiger partial charge in [0.2, 0.25) is 0 Å². The van der Waals surface area contributed by atoms with Gasteiger partial charge in [-0.15, -0.1) is 0 Å². The molecule has 12 nitrogen and oxygen atoms in total. The summed E-state index contributed by atoms with van der Waals surface area (Å²) in [4.78, 5) is 51.3. The summed E-state index contributed by atoms with van der Waals surface area (Å²) in [7, 11) is 0. The van der Waals surface area contributed by atoms with Crippen LogP contribution < -0.4 is 0 Å². The van der Waals surface area contributed by atoms with Gasteiger partial charge in [-0.1, -0.05) is 227 Å². The molecule has 462 valence electrons. The van der Waals surface area contributed by atoms with Gasteiger partial charge in [-0.25, -0.2) is 4.79 Å². The molecule has 0 aromatic carbocycles. The second kappa shape index (κ2) is 56.1. The first-order valence-corrected chi connectivity index (χ1v) is 32.2. The van der Waals surface area contributed by atoms with Crippen molar-refractivity contribution in [2.24, 2.45) is 0 Å². The predicted octanol–water partition coefficient (Wildman–Crippen LogP) is 17.2. The Morgan fingerprint density at radius 2 is 0.778 bits per heavy atom. The number of carboxylic acid groups (broad SMARTS) is 1. The van der Waals surface area contributed by atoms with Gasteiger partial charge < -0.3 is 39.0 Å². The van der Waals surface area contributed by atoms with Crippen molar-refractivity contribution < 1.29 is 58.2 Å². The molecule has 1 saturated heterocycles. The standard InChI is InChI=1S/C69H114O12/c1-4-7-10-13-16-19-22-25-27-29-31-33-35-38-40-43-46-49-52-55-61(70)77-58-60(79-62(71)56-53-50-47-44-42-39-36-34-32-30-28-26-23-20-17-14-11-8-5-2)59-78-69-67(65(74)64(73)66(81-69)68(75)76)80-63(72)57-54-51-48-45-41-37-24-21-18-15-12-9-6-3/h7,9-10,12,16,18-19,21,25-28,31,33,37,41,60,64-67,69,73-74H,4-6,8,11,13-15,17,20,22-24,29-30,32,34-36,38-40,42-59H2,1-3H3,(H,75,76)/b10-7-,12-9-,19-16-,21-18-,27-25-,28-26-,33-31-,41-37-. The van der Waals surface area contributed by atoms with Gasteiger partial charge in [0.05, 0.1) is 6.61 Å². The van der Waals surface area contributed by atoms with Crippen molar-refractivity contribution >= 4 is 23.9 Å². The summed E-state index contributed by atoms with van der Waals surface area (Å²) in [6.07, 6.45) is 62.3. The van der Waals surface area contributed by atoms with E-state index in [0.29, 0.717) is 19.3 Å². The van der Waals surface area contributed by atoms with Crippen LogP contribution in [-0.4, -0.2) is 89.2 Å². The molecule has 0 radical (unpaired) electrons. The second-order valence-corrected chi connectivity index (χ2v) is 21.6. The van der Waals surface area contributed by atoms with E-state index in [-0.39, 0.29) is 25.9 Å². The van der Waals surface area contributed by atoms with E-state index in [1.165, 1.54) is 77.0 Å². The number of aliphatic hydroxyl groups excluding tert-OH is 2. The Hall–Kier alpha value is -4.36. The number of carbonyl (C=O) groups excluding carboxylic acids is 3. The zero-order valence-corrected chi connectivity index (χ0v) is 51.0.